The molecular weight excluding hydrogens is 278 g/mol. The van der Waals surface area contributed by atoms with Crippen LogP contribution in [0.25, 0.3) is 0 Å². The molecule has 0 spiro atoms. The third-order valence-corrected chi connectivity index (χ3v) is 3.06. The summed E-state index contributed by atoms with van der Waals surface area (Å²) < 4.78 is 5.33. The maximum Gasteiger partial charge on any atom is 0.410 e. The van der Waals surface area contributed by atoms with Gasteiger partial charge in [0, 0.05) is 32.4 Å². The fourth-order valence-electron chi connectivity index (χ4n) is 1.70. The van der Waals surface area contributed by atoms with E-state index >= 15 is 0 Å². The van der Waals surface area contributed by atoms with Crippen molar-refractivity contribution in [1.82, 2.24) is 9.80 Å². The molecule has 1 rings (SSSR count). The first kappa shape index (κ1) is 20.2. The Morgan fingerprint density at radius 3 is 2.18 bits per heavy atom. The number of amides is 1. The molecule has 0 bridgehead atoms. The zero-order chi connectivity index (χ0) is 17.0. The van der Waals surface area contributed by atoms with E-state index in [0.29, 0.717) is 19.7 Å². The molecule has 0 heterocycles. The summed E-state index contributed by atoms with van der Waals surface area (Å²) in [5, 5.41) is 3.05. The SMILES string of the molecule is CC.CCN(CCN(C)C)C(=O)OCc1ccc(NC)cc1. The third-order valence-electron chi connectivity index (χ3n) is 3.06. The highest BCUT2D eigenvalue weighted by molar-refractivity contribution is 5.67. The van der Waals surface area contributed by atoms with Crippen LogP contribution in [0.5, 0.6) is 0 Å². The van der Waals surface area contributed by atoms with Gasteiger partial charge in [0.05, 0.1) is 0 Å². The second-order valence-electron chi connectivity index (χ2n) is 4.88. The maximum absolute atomic E-state index is 12.0. The normalized spacial score (nSPS) is 9.77. The van der Waals surface area contributed by atoms with E-state index in [9.17, 15) is 4.79 Å². The van der Waals surface area contributed by atoms with Gasteiger partial charge in [-0.2, -0.15) is 0 Å². The van der Waals surface area contributed by atoms with Gasteiger partial charge < -0.3 is 19.9 Å². The Morgan fingerprint density at radius 2 is 1.73 bits per heavy atom. The zero-order valence-corrected chi connectivity index (χ0v) is 14.8. The second kappa shape index (κ2) is 11.9. The lowest BCUT2D eigenvalue weighted by Gasteiger charge is -2.22. The van der Waals surface area contributed by atoms with Crippen LogP contribution in [0.4, 0.5) is 10.5 Å². The topological polar surface area (TPSA) is 44.8 Å². The van der Waals surface area contributed by atoms with Gasteiger partial charge in [-0.25, -0.2) is 4.79 Å². The number of carbonyl (C=O) groups excluding carboxylic acids is 1. The largest absolute Gasteiger partial charge is 0.445 e. The monoisotopic (exact) mass is 309 g/mol. The van der Waals surface area contributed by atoms with Gasteiger partial charge in [0.15, 0.2) is 0 Å². The number of hydrogen-bond acceptors (Lipinski definition) is 4. The summed E-state index contributed by atoms with van der Waals surface area (Å²) in [5.41, 5.74) is 2.03. The molecular formula is C17H31N3O2. The van der Waals surface area contributed by atoms with Crippen molar-refractivity contribution in [2.75, 3.05) is 46.1 Å². The van der Waals surface area contributed by atoms with E-state index in [1.54, 1.807) is 4.90 Å². The van der Waals surface area contributed by atoms with Crippen molar-refractivity contribution in [3.8, 4) is 0 Å². The quantitative estimate of drug-likeness (QED) is 0.839. The molecule has 1 amide bonds. The minimum absolute atomic E-state index is 0.257. The summed E-state index contributed by atoms with van der Waals surface area (Å²) in [6, 6.07) is 7.84. The van der Waals surface area contributed by atoms with Gasteiger partial charge in [-0.05, 0) is 38.7 Å². The lowest BCUT2D eigenvalue weighted by molar-refractivity contribution is 0.0956. The molecule has 22 heavy (non-hydrogen) atoms. The maximum atomic E-state index is 12.0. The molecule has 0 atom stereocenters. The zero-order valence-electron chi connectivity index (χ0n) is 14.8. The van der Waals surface area contributed by atoms with Gasteiger partial charge in [-0.15, -0.1) is 0 Å². The van der Waals surface area contributed by atoms with E-state index in [1.807, 2.05) is 71.1 Å². The van der Waals surface area contributed by atoms with E-state index in [-0.39, 0.29) is 6.09 Å². The third kappa shape index (κ3) is 7.88. The lowest BCUT2D eigenvalue weighted by atomic mass is 10.2. The van der Waals surface area contributed by atoms with Crippen LogP contribution in [0.2, 0.25) is 0 Å². The molecule has 126 valence electrons. The number of carbonyl (C=O) groups is 1. The van der Waals surface area contributed by atoms with E-state index < -0.39 is 0 Å². The molecule has 0 aliphatic heterocycles. The second-order valence-corrected chi connectivity index (χ2v) is 4.88. The van der Waals surface area contributed by atoms with Gasteiger partial charge in [0.25, 0.3) is 0 Å². The molecule has 0 saturated carbocycles. The first-order chi connectivity index (χ1) is 10.6. The minimum atomic E-state index is -0.257. The van der Waals surface area contributed by atoms with Gasteiger partial charge in [-0.3, -0.25) is 0 Å². The first-order valence-electron chi connectivity index (χ1n) is 7.90. The number of hydrogen-bond donors (Lipinski definition) is 1. The molecule has 0 aliphatic rings. The van der Waals surface area contributed by atoms with E-state index in [0.717, 1.165) is 17.8 Å². The minimum Gasteiger partial charge on any atom is -0.445 e. The lowest BCUT2D eigenvalue weighted by Crippen LogP contribution is -2.36. The fraction of sp³-hybridized carbons (Fsp3) is 0.588. The van der Waals surface area contributed by atoms with Crippen LogP contribution in [0.1, 0.15) is 26.3 Å². The van der Waals surface area contributed by atoms with Crippen LogP contribution in [0, 0.1) is 0 Å². The molecule has 0 fully saturated rings. The number of ether oxygens (including phenoxy) is 1. The number of likely N-dealkylation sites (N-methyl/N-ethyl adjacent to an activating group) is 2. The summed E-state index contributed by atoms with van der Waals surface area (Å²) in [4.78, 5) is 15.7. The summed E-state index contributed by atoms with van der Waals surface area (Å²) >= 11 is 0. The predicted octanol–water partition coefficient (Wildman–Crippen LogP) is 3.27. The van der Waals surface area contributed by atoms with Crippen LogP contribution in [0.3, 0.4) is 0 Å². The summed E-state index contributed by atoms with van der Waals surface area (Å²) in [6.45, 7) is 8.44. The molecule has 0 unspecified atom stereocenters. The highest BCUT2D eigenvalue weighted by atomic mass is 16.6. The molecule has 1 aromatic carbocycles. The van der Waals surface area contributed by atoms with Crippen molar-refractivity contribution in [2.24, 2.45) is 0 Å². The smallest absolute Gasteiger partial charge is 0.410 e. The predicted molar refractivity (Wildman–Crippen MR) is 93.3 cm³/mol. The van der Waals surface area contributed by atoms with Crippen LogP contribution in [-0.2, 0) is 11.3 Å². The number of anilines is 1. The van der Waals surface area contributed by atoms with Gasteiger partial charge >= 0.3 is 6.09 Å². The average Bonchev–Trinajstić information content (AvgIpc) is 2.55. The molecule has 5 nitrogen and oxygen atoms in total. The Kier molecular flexibility index (Phi) is 10.9. The molecule has 1 N–H and O–H groups in total. The Labute approximate surface area is 135 Å². The highest BCUT2D eigenvalue weighted by Crippen LogP contribution is 2.10. The standard InChI is InChI=1S/C15H25N3O2.C2H6/c1-5-18(11-10-17(3)4)15(19)20-12-13-6-8-14(16-2)9-7-13;1-2/h6-9,16H,5,10-12H2,1-4H3;1-2H3. The highest BCUT2D eigenvalue weighted by Gasteiger charge is 2.12. The fourth-order valence-corrected chi connectivity index (χ4v) is 1.70. The molecule has 0 aliphatic carbocycles. The summed E-state index contributed by atoms with van der Waals surface area (Å²) in [6.07, 6.45) is -0.257. The Morgan fingerprint density at radius 1 is 1.14 bits per heavy atom. The van der Waals surface area contributed by atoms with Crippen molar-refractivity contribution in [1.29, 1.82) is 0 Å². The van der Waals surface area contributed by atoms with E-state index in [1.165, 1.54) is 0 Å². The molecule has 0 saturated heterocycles. The molecule has 5 heteroatoms. The molecule has 0 aromatic heterocycles. The summed E-state index contributed by atoms with van der Waals surface area (Å²) in [7, 11) is 5.85. The van der Waals surface area contributed by atoms with Gasteiger partial charge in [-0.1, -0.05) is 26.0 Å². The number of nitrogens with zero attached hydrogens (tertiary/aromatic N) is 2. The van der Waals surface area contributed by atoms with Gasteiger partial charge in [0.2, 0.25) is 0 Å². The van der Waals surface area contributed by atoms with E-state index in [2.05, 4.69) is 5.32 Å². The Bertz CT molecular complexity index is 405. The van der Waals surface area contributed by atoms with Crippen molar-refractivity contribution in [2.45, 2.75) is 27.4 Å². The van der Waals surface area contributed by atoms with Crippen molar-refractivity contribution >= 4 is 11.8 Å². The number of nitrogens with one attached hydrogen (secondary N) is 1. The van der Waals surface area contributed by atoms with Crippen molar-refractivity contribution in [3.63, 3.8) is 0 Å². The molecule has 0 radical (unpaired) electrons. The van der Waals surface area contributed by atoms with Crippen LogP contribution in [0.15, 0.2) is 24.3 Å². The number of benzene rings is 1. The van der Waals surface area contributed by atoms with Crippen molar-refractivity contribution < 1.29 is 9.53 Å². The number of rotatable bonds is 7. The van der Waals surface area contributed by atoms with Crippen LogP contribution >= 0.6 is 0 Å². The van der Waals surface area contributed by atoms with Gasteiger partial charge in [0.1, 0.15) is 6.61 Å². The Balaban J connectivity index is 0.00000211. The Hall–Kier alpha value is -1.75. The molecule has 1 aromatic rings. The average molecular weight is 309 g/mol. The van der Waals surface area contributed by atoms with Crippen molar-refractivity contribution in [3.05, 3.63) is 29.8 Å². The van der Waals surface area contributed by atoms with Crippen LogP contribution < -0.4 is 5.32 Å². The van der Waals surface area contributed by atoms with E-state index in [4.69, 9.17) is 4.74 Å². The van der Waals surface area contributed by atoms with Crippen LogP contribution in [-0.4, -0.2) is 56.7 Å². The first-order valence-corrected chi connectivity index (χ1v) is 7.90. The summed E-state index contributed by atoms with van der Waals surface area (Å²) in [5.74, 6) is 0.